The molecule has 2 N–H and O–H groups in total. The molecule has 5 heterocycles. The van der Waals surface area contributed by atoms with Gasteiger partial charge in [-0.1, -0.05) is 6.07 Å². The Bertz CT molecular complexity index is 1160. The number of benzene rings is 1. The zero-order valence-corrected chi connectivity index (χ0v) is 19.7. The van der Waals surface area contributed by atoms with Gasteiger partial charge in [0.05, 0.1) is 22.8 Å². The minimum atomic E-state index is -2.96. The van der Waals surface area contributed by atoms with Crippen molar-refractivity contribution >= 4 is 27.2 Å². The fourth-order valence-electron chi connectivity index (χ4n) is 5.41. The third kappa shape index (κ3) is 3.94. The van der Waals surface area contributed by atoms with Crippen LogP contribution in [0.3, 0.4) is 0 Å². The molecule has 0 spiro atoms. The van der Waals surface area contributed by atoms with Gasteiger partial charge < -0.3 is 20.3 Å². The lowest BCUT2D eigenvalue weighted by atomic mass is 9.88. The molecule has 0 radical (unpaired) electrons. The first-order valence-corrected chi connectivity index (χ1v) is 13.6. The molecular formula is C23H30N6O3S. The highest BCUT2D eigenvalue weighted by Gasteiger charge is 2.35. The molecule has 4 aliphatic heterocycles. The van der Waals surface area contributed by atoms with Crippen LogP contribution in [0.4, 0.5) is 17.3 Å². The van der Waals surface area contributed by atoms with E-state index in [1.54, 1.807) is 6.33 Å². The van der Waals surface area contributed by atoms with Crippen LogP contribution in [0.2, 0.25) is 0 Å². The van der Waals surface area contributed by atoms with Gasteiger partial charge >= 0.3 is 0 Å². The normalized spacial score (nSPS) is 24.8. The van der Waals surface area contributed by atoms with Gasteiger partial charge in [0.1, 0.15) is 30.3 Å². The van der Waals surface area contributed by atoms with Crippen LogP contribution in [0.5, 0.6) is 5.75 Å². The first-order valence-electron chi connectivity index (χ1n) is 11.8. The summed E-state index contributed by atoms with van der Waals surface area (Å²) < 4.78 is 30.0. The zero-order valence-electron chi connectivity index (χ0n) is 18.9. The number of rotatable bonds is 3. The molecule has 1 aromatic carbocycles. The molecule has 2 aromatic rings. The van der Waals surface area contributed by atoms with E-state index in [9.17, 15) is 8.42 Å². The van der Waals surface area contributed by atoms with Crippen molar-refractivity contribution in [2.24, 2.45) is 0 Å². The van der Waals surface area contributed by atoms with Crippen LogP contribution in [0, 0.1) is 6.92 Å². The number of aromatic nitrogens is 2. The molecule has 0 bridgehead atoms. The fraction of sp³-hybridized carbons (Fsp3) is 0.565. The molecule has 33 heavy (non-hydrogen) atoms. The zero-order chi connectivity index (χ0) is 22.6. The number of nitrogens with zero attached hydrogens (tertiary/aromatic N) is 4. The monoisotopic (exact) mass is 470 g/mol. The summed E-state index contributed by atoms with van der Waals surface area (Å²) in [6.07, 6.45) is 2.79. The van der Waals surface area contributed by atoms with Crippen LogP contribution >= 0.6 is 0 Å². The van der Waals surface area contributed by atoms with Gasteiger partial charge in [0.15, 0.2) is 9.84 Å². The smallest absolute Gasteiger partial charge is 0.153 e. The van der Waals surface area contributed by atoms with E-state index < -0.39 is 9.84 Å². The second-order valence-corrected chi connectivity index (χ2v) is 11.9. The van der Waals surface area contributed by atoms with Crippen molar-refractivity contribution in [3.63, 3.8) is 0 Å². The van der Waals surface area contributed by atoms with E-state index >= 15 is 0 Å². The van der Waals surface area contributed by atoms with Gasteiger partial charge in [0, 0.05) is 44.7 Å². The van der Waals surface area contributed by atoms with Crippen LogP contribution < -0.4 is 20.3 Å². The average Bonchev–Trinajstić information content (AvgIpc) is 3.20. The summed E-state index contributed by atoms with van der Waals surface area (Å²) in [6.45, 7) is 7.76. The topological polar surface area (TPSA) is 99.7 Å². The van der Waals surface area contributed by atoms with Crippen molar-refractivity contribution < 1.29 is 13.2 Å². The Morgan fingerprint density at radius 2 is 1.97 bits per heavy atom. The minimum absolute atomic E-state index is 0.151. The summed E-state index contributed by atoms with van der Waals surface area (Å²) >= 11 is 0. The van der Waals surface area contributed by atoms with Crippen molar-refractivity contribution in [2.75, 3.05) is 61.0 Å². The highest BCUT2D eigenvalue weighted by molar-refractivity contribution is 7.91. The molecule has 9 nitrogen and oxygen atoms in total. The molecule has 0 saturated carbocycles. The molecule has 0 amide bonds. The van der Waals surface area contributed by atoms with Gasteiger partial charge in [-0.2, -0.15) is 0 Å². The van der Waals surface area contributed by atoms with Crippen molar-refractivity contribution in [3.05, 3.63) is 35.2 Å². The molecule has 0 aliphatic carbocycles. The number of fused-ring (bicyclic) bond motifs is 2. The Kier molecular flexibility index (Phi) is 5.19. The summed E-state index contributed by atoms with van der Waals surface area (Å²) in [7, 11) is -2.96. The Hall–Kier alpha value is -2.43. The molecule has 3 fully saturated rings. The summed E-state index contributed by atoms with van der Waals surface area (Å²) in [5.41, 5.74) is 4.26. The number of likely N-dealkylation sites (tertiary alicyclic amines) is 1. The third-order valence-corrected chi connectivity index (χ3v) is 9.02. The largest absolute Gasteiger partial charge is 0.486 e. The Morgan fingerprint density at radius 1 is 1.15 bits per heavy atom. The van der Waals surface area contributed by atoms with Gasteiger partial charge in [-0.25, -0.2) is 18.4 Å². The van der Waals surface area contributed by atoms with Crippen LogP contribution in [0.1, 0.15) is 29.0 Å². The van der Waals surface area contributed by atoms with Crippen molar-refractivity contribution in [1.82, 2.24) is 20.2 Å². The second-order valence-electron chi connectivity index (χ2n) is 9.59. The summed E-state index contributed by atoms with van der Waals surface area (Å²) in [5.74, 6) is 3.18. The number of sulfone groups is 1. The number of ether oxygens (including phenoxy) is 1. The number of hydrogen-bond donors (Lipinski definition) is 2. The van der Waals surface area contributed by atoms with Gasteiger partial charge in [0.2, 0.25) is 0 Å². The number of nitrogens with one attached hydrogen (secondary N) is 2. The second kappa shape index (κ2) is 8.11. The minimum Gasteiger partial charge on any atom is -0.486 e. The summed E-state index contributed by atoms with van der Waals surface area (Å²) in [5, 5.41) is 6.97. The lowest BCUT2D eigenvalue weighted by molar-refractivity contribution is 0.101. The van der Waals surface area contributed by atoms with E-state index in [2.05, 4.69) is 44.6 Å². The Labute approximate surface area is 194 Å². The SMILES string of the molecule is Cc1cc(C2CN([C@@H]3CCNC3)C2)cc2c1OCc1c(ncnc1N1CCS(=O)(=O)CC1)N2. The van der Waals surface area contributed by atoms with E-state index in [0.717, 1.165) is 60.4 Å². The van der Waals surface area contributed by atoms with Gasteiger partial charge in [0.25, 0.3) is 0 Å². The molecule has 6 rings (SSSR count). The molecular weight excluding hydrogens is 440 g/mol. The molecule has 176 valence electrons. The van der Waals surface area contributed by atoms with Crippen LogP contribution in [-0.2, 0) is 16.4 Å². The molecule has 4 aliphatic rings. The van der Waals surface area contributed by atoms with Crippen LogP contribution in [-0.4, -0.2) is 80.1 Å². The van der Waals surface area contributed by atoms with Gasteiger partial charge in [-0.05, 0) is 37.1 Å². The van der Waals surface area contributed by atoms with Crippen LogP contribution in [0.25, 0.3) is 0 Å². The molecule has 0 unspecified atom stereocenters. The Morgan fingerprint density at radius 3 is 2.73 bits per heavy atom. The van der Waals surface area contributed by atoms with Crippen molar-refractivity contribution in [1.29, 1.82) is 0 Å². The first-order chi connectivity index (χ1) is 16.0. The summed E-state index contributed by atoms with van der Waals surface area (Å²) in [6, 6.07) is 5.14. The van der Waals surface area contributed by atoms with E-state index in [1.807, 2.05) is 4.90 Å². The maximum atomic E-state index is 11.9. The standard InChI is InChI=1S/C23H30N6O3S/c1-15-8-16(17-11-29(12-17)18-2-3-24-10-18)9-20-21(15)32-13-19-22(27-20)25-14-26-23(19)28-4-6-33(30,31)7-5-28/h8-9,14,17-18,24H,2-7,10-13H2,1H3,(H,25,26,27)/t18-/m1/s1. The highest BCUT2D eigenvalue weighted by atomic mass is 32.2. The number of hydrogen-bond acceptors (Lipinski definition) is 9. The maximum absolute atomic E-state index is 11.9. The van der Waals surface area contributed by atoms with Gasteiger partial charge in [-0.3, -0.25) is 4.90 Å². The van der Waals surface area contributed by atoms with E-state index in [4.69, 9.17) is 4.74 Å². The van der Waals surface area contributed by atoms with Crippen molar-refractivity contribution in [3.8, 4) is 5.75 Å². The van der Waals surface area contributed by atoms with E-state index in [1.165, 1.54) is 12.0 Å². The van der Waals surface area contributed by atoms with E-state index in [0.29, 0.717) is 31.7 Å². The van der Waals surface area contributed by atoms with Crippen molar-refractivity contribution in [2.45, 2.75) is 31.9 Å². The fourth-order valence-corrected chi connectivity index (χ4v) is 6.61. The molecule has 1 aromatic heterocycles. The van der Waals surface area contributed by atoms with Crippen LogP contribution in [0.15, 0.2) is 18.5 Å². The molecule has 1 atom stereocenters. The predicted molar refractivity (Wildman–Crippen MR) is 127 cm³/mol. The highest BCUT2D eigenvalue weighted by Crippen LogP contribution is 2.41. The lowest BCUT2D eigenvalue weighted by Gasteiger charge is -2.43. The lowest BCUT2D eigenvalue weighted by Crippen LogP contribution is -2.51. The third-order valence-electron chi connectivity index (χ3n) is 7.41. The van der Waals surface area contributed by atoms with E-state index in [-0.39, 0.29) is 11.5 Å². The first kappa shape index (κ1) is 21.1. The number of aryl methyl sites for hydroxylation is 1. The predicted octanol–water partition coefficient (Wildman–Crippen LogP) is 1.42. The molecule has 10 heteroatoms. The average molecular weight is 471 g/mol. The Balaban J connectivity index is 1.24. The van der Waals surface area contributed by atoms with Gasteiger partial charge in [-0.15, -0.1) is 0 Å². The quantitative estimate of drug-likeness (QED) is 0.690. The number of anilines is 3. The summed E-state index contributed by atoms with van der Waals surface area (Å²) in [4.78, 5) is 13.6. The molecule has 3 saturated heterocycles. The maximum Gasteiger partial charge on any atom is 0.153 e.